The number of methoxy groups -OCH3 is 1. The van der Waals surface area contributed by atoms with Crippen LogP contribution >= 0.6 is 0 Å². The normalized spacial score (nSPS) is 22.9. The van der Waals surface area contributed by atoms with Gasteiger partial charge in [0.2, 0.25) is 10.0 Å². The number of hydrogen-bond acceptors (Lipinski definition) is 6. The Balaban J connectivity index is 2.15. The second kappa shape index (κ2) is 6.04. The molecule has 2 N–H and O–H groups in total. The zero-order valence-electron chi connectivity index (χ0n) is 11.5. The van der Waals surface area contributed by atoms with Gasteiger partial charge < -0.3 is 14.8 Å². The molecule has 0 aromatic carbocycles. The molecule has 20 heavy (non-hydrogen) atoms. The highest BCUT2D eigenvalue weighted by atomic mass is 32.2. The van der Waals surface area contributed by atoms with Crippen molar-refractivity contribution in [3.05, 3.63) is 18.3 Å². The molecule has 0 saturated carbocycles. The first-order valence-electron chi connectivity index (χ1n) is 6.28. The molecule has 0 aliphatic carbocycles. The molecule has 1 aromatic heterocycles. The monoisotopic (exact) mass is 301 g/mol. The van der Waals surface area contributed by atoms with Crippen molar-refractivity contribution in [1.29, 1.82) is 0 Å². The summed E-state index contributed by atoms with van der Waals surface area (Å²) in [6, 6.07) is 3.09. The van der Waals surface area contributed by atoms with Crippen LogP contribution in [0.25, 0.3) is 0 Å². The molecule has 0 spiro atoms. The van der Waals surface area contributed by atoms with Crippen molar-refractivity contribution in [3.8, 4) is 0 Å². The molecule has 0 radical (unpaired) electrons. The number of rotatable bonds is 6. The summed E-state index contributed by atoms with van der Waals surface area (Å²) in [6.45, 7) is 1.13. The molecule has 1 unspecified atom stereocenters. The minimum Gasteiger partial charge on any atom is -0.378 e. The zero-order valence-corrected chi connectivity index (χ0v) is 12.4. The number of ether oxygens (including phenoxy) is 2. The van der Waals surface area contributed by atoms with Crippen molar-refractivity contribution in [2.45, 2.75) is 16.9 Å². The SMILES string of the molecule is CNc1ncccc1S(=O)(=O)NCC1(OC)CCOC1. The molecule has 1 aliphatic rings. The van der Waals surface area contributed by atoms with Gasteiger partial charge in [-0.1, -0.05) is 0 Å². The van der Waals surface area contributed by atoms with Crippen molar-refractivity contribution in [1.82, 2.24) is 9.71 Å². The van der Waals surface area contributed by atoms with Gasteiger partial charge in [-0.05, 0) is 12.1 Å². The van der Waals surface area contributed by atoms with Gasteiger partial charge in [0, 0.05) is 39.9 Å². The van der Waals surface area contributed by atoms with E-state index < -0.39 is 15.6 Å². The van der Waals surface area contributed by atoms with Crippen molar-refractivity contribution in [2.24, 2.45) is 0 Å². The van der Waals surface area contributed by atoms with E-state index in [0.717, 1.165) is 0 Å². The lowest BCUT2D eigenvalue weighted by Crippen LogP contribution is -2.45. The minimum atomic E-state index is -3.65. The second-order valence-electron chi connectivity index (χ2n) is 4.61. The van der Waals surface area contributed by atoms with Crippen molar-refractivity contribution < 1.29 is 17.9 Å². The van der Waals surface area contributed by atoms with Gasteiger partial charge in [0.05, 0.1) is 6.61 Å². The Hall–Kier alpha value is -1.22. The third-order valence-electron chi connectivity index (χ3n) is 3.38. The Morgan fingerprint density at radius 1 is 1.55 bits per heavy atom. The molecule has 1 fully saturated rings. The summed E-state index contributed by atoms with van der Waals surface area (Å²) in [5.41, 5.74) is -0.588. The van der Waals surface area contributed by atoms with Gasteiger partial charge in [0.1, 0.15) is 16.3 Å². The van der Waals surface area contributed by atoms with Crippen molar-refractivity contribution >= 4 is 15.8 Å². The maximum absolute atomic E-state index is 12.3. The third-order valence-corrected chi connectivity index (χ3v) is 4.81. The number of aromatic nitrogens is 1. The van der Waals surface area contributed by atoms with E-state index in [0.29, 0.717) is 25.5 Å². The fraction of sp³-hybridized carbons (Fsp3) is 0.583. The summed E-state index contributed by atoms with van der Waals surface area (Å²) in [7, 11) is -0.460. The molecule has 2 rings (SSSR count). The first kappa shape index (κ1) is 15.2. The largest absolute Gasteiger partial charge is 0.378 e. The standard InChI is InChI=1S/C12H19N3O4S/c1-13-11-10(4-3-6-14-11)20(16,17)15-8-12(18-2)5-7-19-9-12/h3-4,6,15H,5,7-9H2,1-2H3,(H,13,14). The predicted octanol–water partition coefficient (Wildman–Crippen LogP) is 0.207. The first-order valence-corrected chi connectivity index (χ1v) is 7.77. The fourth-order valence-corrected chi connectivity index (χ4v) is 3.34. The highest BCUT2D eigenvalue weighted by Crippen LogP contribution is 2.23. The lowest BCUT2D eigenvalue weighted by atomic mass is 10.0. The van der Waals surface area contributed by atoms with Crippen LogP contribution in [0.3, 0.4) is 0 Å². The lowest BCUT2D eigenvalue weighted by molar-refractivity contribution is -0.0120. The number of pyridine rings is 1. The van der Waals surface area contributed by atoms with Crippen LogP contribution in [0.1, 0.15) is 6.42 Å². The van der Waals surface area contributed by atoms with Crippen LogP contribution in [-0.2, 0) is 19.5 Å². The fourth-order valence-electron chi connectivity index (χ4n) is 2.06. The van der Waals surface area contributed by atoms with E-state index in [1.54, 1.807) is 20.2 Å². The third kappa shape index (κ3) is 3.09. The smallest absolute Gasteiger partial charge is 0.244 e. The summed E-state index contributed by atoms with van der Waals surface area (Å²) in [6.07, 6.45) is 2.20. The summed E-state index contributed by atoms with van der Waals surface area (Å²) >= 11 is 0. The quantitative estimate of drug-likeness (QED) is 0.780. The summed E-state index contributed by atoms with van der Waals surface area (Å²) in [5.74, 6) is 0.314. The highest BCUT2D eigenvalue weighted by Gasteiger charge is 2.36. The molecule has 2 heterocycles. The van der Waals surface area contributed by atoms with Crippen molar-refractivity contribution in [2.75, 3.05) is 39.2 Å². The Bertz CT molecular complexity index is 556. The maximum atomic E-state index is 12.3. The number of sulfonamides is 1. The number of nitrogens with one attached hydrogen (secondary N) is 2. The van der Waals surface area contributed by atoms with Gasteiger partial charge in [-0.15, -0.1) is 0 Å². The van der Waals surface area contributed by atoms with E-state index in [2.05, 4.69) is 15.0 Å². The van der Waals surface area contributed by atoms with Gasteiger partial charge >= 0.3 is 0 Å². The molecule has 7 nitrogen and oxygen atoms in total. The van der Waals surface area contributed by atoms with E-state index in [-0.39, 0.29) is 11.4 Å². The maximum Gasteiger partial charge on any atom is 0.244 e. The molecule has 1 saturated heterocycles. The number of hydrogen-bond donors (Lipinski definition) is 2. The van der Waals surface area contributed by atoms with Gasteiger partial charge in [-0.3, -0.25) is 0 Å². The molecule has 1 atom stereocenters. The van der Waals surface area contributed by atoms with Crippen LogP contribution < -0.4 is 10.0 Å². The molecular weight excluding hydrogens is 282 g/mol. The topological polar surface area (TPSA) is 89.6 Å². The molecule has 1 aromatic rings. The molecule has 1 aliphatic heterocycles. The highest BCUT2D eigenvalue weighted by molar-refractivity contribution is 7.89. The van der Waals surface area contributed by atoms with Crippen molar-refractivity contribution in [3.63, 3.8) is 0 Å². The van der Waals surface area contributed by atoms with Crippen LogP contribution in [0, 0.1) is 0 Å². The minimum absolute atomic E-state index is 0.118. The summed E-state index contributed by atoms with van der Waals surface area (Å²) < 4.78 is 37.9. The average Bonchev–Trinajstić information content (AvgIpc) is 2.95. The van der Waals surface area contributed by atoms with Crippen LogP contribution in [0.15, 0.2) is 23.2 Å². The van der Waals surface area contributed by atoms with Crippen LogP contribution in [-0.4, -0.2) is 52.9 Å². The summed E-state index contributed by atoms with van der Waals surface area (Å²) in [4.78, 5) is 4.11. The Kier molecular flexibility index (Phi) is 4.59. The lowest BCUT2D eigenvalue weighted by Gasteiger charge is -2.25. The number of nitrogens with zero attached hydrogens (tertiary/aromatic N) is 1. The molecule has 0 amide bonds. The Morgan fingerprint density at radius 3 is 2.95 bits per heavy atom. The van der Waals surface area contributed by atoms with Crippen LogP contribution in [0.5, 0.6) is 0 Å². The van der Waals surface area contributed by atoms with E-state index in [1.807, 2.05) is 0 Å². The molecule has 8 heteroatoms. The van der Waals surface area contributed by atoms with Gasteiger partial charge in [0.15, 0.2) is 0 Å². The number of anilines is 1. The van der Waals surface area contributed by atoms with E-state index in [9.17, 15) is 8.42 Å². The molecular formula is C12H19N3O4S. The van der Waals surface area contributed by atoms with E-state index in [1.165, 1.54) is 12.3 Å². The van der Waals surface area contributed by atoms with Crippen LogP contribution in [0.4, 0.5) is 5.82 Å². The van der Waals surface area contributed by atoms with Gasteiger partial charge in [0.25, 0.3) is 0 Å². The summed E-state index contributed by atoms with van der Waals surface area (Å²) in [5, 5.41) is 2.77. The van der Waals surface area contributed by atoms with E-state index in [4.69, 9.17) is 9.47 Å². The first-order chi connectivity index (χ1) is 9.53. The average molecular weight is 301 g/mol. The Morgan fingerprint density at radius 2 is 2.35 bits per heavy atom. The van der Waals surface area contributed by atoms with Crippen LogP contribution in [0.2, 0.25) is 0 Å². The van der Waals surface area contributed by atoms with Gasteiger partial charge in [-0.2, -0.15) is 0 Å². The van der Waals surface area contributed by atoms with Gasteiger partial charge in [-0.25, -0.2) is 18.1 Å². The zero-order chi connectivity index (χ0) is 14.6. The second-order valence-corrected chi connectivity index (χ2v) is 6.35. The molecule has 112 valence electrons. The predicted molar refractivity (Wildman–Crippen MR) is 74.1 cm³/mol. The Labute approximate surface area is 118 Å². The van der Waals surface area contributed by atoms with E-state index >= 15 is 0 Å². The molecule has 0 bridgehead atoms.